The minimum Gasteiger partial charge on any atom is -0.356 e. The highest BCUT2D eigenvalue weighted by atomic mass is 15.2. The normalized spacial score (nSPS) is 13.2. The molecule has 0 spiro atoms. The Bertz CT molecular complexity index is 709. The molecule has 2 heterocycles. The molecule has 1 aliphatic heterocycles. The van der Waals surface area contributed by atoms with E-state index in [0.29, 0.717) is 17.2 Å². The Hall–Kier alpha value is -2.61. The third kappa shape index (κ3) is 1.87. The molecule has 2 aromatic rings. The van der Waals surface area contributed by atoms with E-state index in [1.807, 2.05) is 30.3 Å². The maximum absolute atomic E-state index is 9.32. The van der Waals surface area contributed by atoms with Crippen molar-refractivity contribution in [1.29, 1.82) is 10.7 Å². The highest BCUT2D eigenvalue weighted by Gasteiger charge is 2.17. The van der Waals surface area contributed by atoms with Crippen LogP contribution in [0.5, 0.6) is 0 Å². The molecule has 0 radical (unpaired) electrons. The lowest BCUT2D eigenvalue weighted by molar-refractivity contribution is 0.583. The first-order valence-electron chi connectivity index (χ1n) is 6.20. The fourth-order valence-electron chi connectivity index (χ4n) is 2.28. The van der Waals surface area contributed by atoms with E-state index in [0.717, 1.165) is 25.1 Å². The van der Waals surface area contributed by atoms with Crippen molar-refractivity contribution < 1.29 is 0 Å². The molecule has 19 heavy (non-hydrogen) atoms. The topological polar surface area (TPSA) is 77.5 Å². The molecule has 0 saturated carbocycles. The Morgan fingerprint density at radius 2 is 2.11 bits per heavy atom. The second-order valence-corrected chi connectivity index (χ2v) is 4.42. The number of aromatic nitrogens is 2. The molecule has 0 atom stereocenters. The van der Waals surface area contributed by atoms with E-state index in [1.54, 1.807) is 4.57 Å². The van der Waals surface area contributed by atoms with Crippen molar-refractivity contribution in [3.8, 4) is 17.3 Å². The fraction of sp³-hybridized carbons (Fsp3) is 0.214. The molecule has 2 N–H and O–H groups in total. The summed E-state index contributed by atoms with van der Waals surface area (Å²) in [5, 5.41) is 20.7. The van der Waals surface area contributed by atoms with Gasteiger partial charge in [0.1, 0.15) is 17.1 Å². The standard InChI is InChI=1S/C14H13N5/c15-9-11-12(10-5-2-1-3-6-10)18-14-17-7-4-8-19(14)13(11)16/h1-3,5-6,16H,4,7-8H2,(H,17,18). The summed E-state index contributed by atoms with van der Waals surface area (Å²) in [6.45, 7) is 1.59. The van der Waals surface area contributed by atoms with Gasteiger partial charge in [-0.3, -0.25) is 9.98 Å². The molecule has 1 aromatic heterocycles. The second kappa shape index (κ2) is 4.58. The maximum Gasteiger partial charge on any atom is 0.205 e. The van der Waals surface area contributed by atoms with Gasteiger partial charge in [-0.15, -0.1) is 0 Å². The van der Waals surface area contributed by atoms with E-state index in [4.69, 9.17) is 5.41 Å². The quantitative estimate of drug-likeness (QED) is 0.810. The third-order valence-corrected chi connectivity index (χ3v) is 3.22. The minimum atomic E-state index is 0.235. The average molecular weight is 251 g/mol. The number of nitriles is 1. The largest absolute Gasteiger partial charge is 0.356 e. The Morgan fingerprint density at radius 1 is 1.32 bits per heavy atom. The lowest BCUT2D eigenvalue weighted by atomic mass is 10.1. The summed E-state index contributed by atoms with van der Waals surface area (Å²) in [7, 11) is 0. The van der Waals surface area contributed by atoms with Crippen LogP contribution in [0.15, 0.2) is 30.3 Å². The molecule has 0 saturated heterocycles. The Morgan fingerprint density at radius 3 is 2.84 bits per heavy atom. The first-order chi connectivity index (χ1) is 9.31. The summed E-state index contributed by atoms with van der Waals surface area (Å²) in [6, 6.07) is 11.7. The van der Waals surface area contributed by atoms with Crippen LogP contribution in [0.1, 0.15) is 12.0 Å². The van der Waals surface area contributed by atoms with Crippen molar-refractivity contribution in [2.75, 3.05) is 11.9 Å². The van der Waals surface area contributed by atoms with Gasteiger partial charge in [0.05, 0.1) is 5.69 Å². The molecule has 94 valence electrons. The van der Waals surface area contributed by atoms with Crippen molar-refractivity contribution in [2.45, 2.75) is 13.0 Å². The van der Waals surface area contributed by atoms with Gasteiger partial charge in [-0.05, 0) is 6.42 Å². The van der Waals surface area contributed by atoms with E-state index < -0.39 is 0 Å². The Kier molecular flexibility index (Phi) is 2.76. The van der Waals surface area contributed by atoms with Crippen LogP contribution < -0.4 is 10.8 Å². The van der Waals surface area contributed by atoms with Gasteiger partial charge in [-0.25, -0.2) is 4.98 Å². The van der Waals surface area contributed by atoms with Crippen LogP contribution in [0.4, 0.5) is 5.95 Å². The SMILES string of the molecule is N#Cc1c(-c2ccccc2)nc2n(c1=N)CCCN2. The summed E-state index contributed by atoms with van der Waals surface area (Å²) in [5.41, 5.74) is 2.01. The lowest BCUT2D eigenvalue weighted by Gasteiger charge is -2.21. The number of fused-ring (bicyclic) bond motifs is 1. The Labute approximate surface area is 110 Å². The molecule has 0 amide bonds. The number of hydrogen-bond acceptors (Lipinski definition) is 4. The van der Waals surface area contributed by atoms with E-state index in [2.05, 4.69) is 16.4 Å². The molecule has 5 nitrogen and oxygen atoms in total. The Balaban J connectivity index is 2.29. The summed E-state index contributed by atoms with van der Waals surface area (Å²) in [6.07, 6.45) is 0.945. The maximum atomic E-state index is 9.32. The molecule has 0 bridgehead atoms. The molecule has 3 rings (SSSR count). The average Bonchev–Trinajstić information content (AvgIpc) is 2.48. The second-order valence-electron chi connectivity index (χ2n) is 4.42. The van der Waals surface area contributed by atoms with E-state index in [-0.39, 0.29) is 5.49 Å². The smallest absolute Gasteiger partial charge is 0.205 e. The fourth-order valence-corrected chi connectivity index (χ4v) is 2.28. The van der Waals surface area contributed by atoms with E-state index in [1.165, 1.54) is 0 Å². The van der Waals surface area contributed by atoms with Gasteiger partial charge >= 0.3 is 0 Å². The van der Waals surface area contributed by atoms with Gasteiger partial charge in [0.25, 0.3) is 0 Å². The number of nitrogens with one attached hydrogen (secondary N) is 2. The van der Waals surface area contributed by atoms with Gasteiger partial charge < -0.3 is 5.32 Å². The van der Waals surface area contributed by atoms with Gasteiger partial charge in [-0.2, -0.15) is 5.26 Å². The van der Waals surface area contributed by atoms with Crippen molar-refractivity contribution in [2.24, 2.45) is 0 Å². The summed E-state index contributed by atoms with van der Waals surface area (Å²) >= 11 is 0. The first-order valence-corrected chi connectivity index (χ1v) is 6.20. The molecule has 1 aliphatic rings. The number of hydrogen-bond donors (Lipinski definition) is 2. The number of anilines is 1. The van der Waals surface area contributed by atoms with Crippen LogP contribution in [0.2, 0.25) is 0 Å². The van der Waals surface area contributed by atoms with Crippen molar-refractivity contribution >= 4 is 5.95 Å². The molecule has 1 aromatic carbocycles. The summed E-state index contributed by atoms with van der Waals surface area (Å²) < 4.78 is 1.76. The van der Waals surface area contributed by atoms with E-state index in [9.17, 15) is 5.26 Å². The molecular formula is C14H13N5. The van der Waals surface area contributed by atoms with Gasteiger partial charge in [0.2, 0.25) is 5.95 Å². The number of nitrogens with zero attached hydrogens (tertiary/aromatic N) is 3. The van der Waals surface area contributed by atoms with E-state index >= 15 is 0 Å². The highest BCUT2D eigenvalue weighted by molar-refractivity contribution is 5.67. The third-order valence-electron chi connectivity index (χ3n) is 3.22. The van der Waals surface area contributed by atoms with Crippen LogP contribution in [-0.2, 0) is 6.54 Å². The zero-order chi connectivity index (χ0) is 13.2. The summed E-state index contributed by atoms with van der Waals surface area (Å²) in [4.78, 5) is 4.52. The van der Waals surface area contributed by atoms with Crippen LogP contribution in [0.25, 0.3) is 11.3 Å². The van der Waals surface area contributed by atoms with Crippen LogP contribution in [0.3, 0.4) is 0 Å². The van der Waals surface area contributed by atoms with Gasteiger partial charge in [0, 0.05) is 18.7 Å². The van der Waals surface area contributed by atoms with Crippen molar-refractivity contribution in [3.05, 3.63) is 41.4 Å². The molecular weight excluding hydrogens is 238 g/mol. The molecule has 0 unspecified atom stereocenters. The van der Waals surface area contributed by atoms with Crippen LogP contribution in [-0.4, -0.2) is 16.1 Å². The molecule has 5 heteroatoms. The lowest BCUT2D eigenvalue weighted by Crippen LogP contribution is -2.32. The molecule has 0 aliphatic carbocycles. The monoisotopic (exact) mass is 251 g/mol. The number of benzene rings is 1. The highest BCUT2D eigenvalue weighted by Crippen LogP contribution is 2.21. The predicted octanol–water partition coefficient (Wildman–Crippen LogP) is 1.72. The van der Waals surface area contributed by atoms with Crippen molar-refractivity contribution in [1.82, 2.24) is 9.55 Å². The summed E-state index contributed by atoms with van der Waals surface area (Å²) in [5.74, 6) is 0.675. The zero-order valence-electron chi connectivity index (χ0n) is 10.3. The molecule has 0 fully saturated rings. The van der Waals surface area contributed by atoms with Crippen LogP contribution in [0, 0.1) is 16.7 Å². The minimum absolute atomic E-state index is 0.235. The predicted molar refractivity (Wildman–Crippen MR) is 71.3 cm³/mol. The van der Waals surface area contributed by atoms with Crippen molar-refractivity contribution in [3.63, 3.8) is 0 Å². The number of rotatable bonds is 1. The first kappa shape index (κ1) is 11.5. The zero-order valence-corrected chi connectivity index (χ0v) is 10.3. The van der Waals surface area contributed by atoms with Crippen LogP contribution >= 0.6 is 0 Å². The van der Waals surface area contributed by atoms with Gasteiger partial charge in [0.15, 0.2) is 0 Å². The van der Waals surface area contributed by atoms with Gasteiger partial charge in [-0.1, -0.05) is 30.3 Å².